The van der Waals surface area contributed by atoms with Crippen molar-refractivity contribution in [1.29, 1.82) is 0 Å². The van der Waals surface area contributed by atoms with E-state index in [0.29, 0.717) is 36.7 Å². The Morgan fingerprint density at radius 3 is 2.95 bits per heavy atom. The maximum atomic E-state index is 12.2. The van der Waals surface area contributed by atoms with Gasteiger partial charge in [-0.3, -0.25) is 4.79 Å². The van der Waals surface area contributed by atoms with Crippen LogP contribution in [0.2, 0.25) is 0 Å². The van der Waals surface area contributed by atoms with Gasteiger partial charge in [-0.05, 0) is 24.2 Å². The number of rotatable bonds is 1. The van der Waals surface area contributed by atoms with E-state index in [1.54, 1.807) is 0 Å². The van der Waals surface area contributed by atoms with E-state index >= 15 is 0 Å². The van der Waals surface area contributed by atoms with Crippen LogP contribution in [0.25, 0.3) is 0 Å². The summed E-state index contributed by atoms with van der Waals surface area (Å²) in [6.45, 7) is 4.30. The molecule has 19 heavy (non-hydrogen) atoms. The lowest BCUT2D eigenvalue weighted by molar-refractivity contribution is -0.133. The van der Waals surface area contributed by atoms with Crippen LogP contribution in [0.4, 0.5) is 0 Å². The summed E-state index contributed by atoms with van der Waals surface area (Å²) in [5.41, 5.74) is 0.934. The quantitative estimate of drug-likeness (QED) is 0.845. The van der Waals surface area contributed by atoms with Gasteiger partial charge in [-0.15, -0.1) is 0 Å². The lowest BCUT2D eigenvalue weighted by Gasteiger charge is -2.47. The molecule has 3 rings (SSSR count). The molecule has 0 saturated heterocycles. The van der Waals surface area contributed by atoms with Gasteiger partial charge in [0.2, 0.25) is 0 Å². The maximum absolute atomic E-state index is 12.2. The van der Waals surface area contributed by atoms with Crippen molar-refractivity contribution in [1.82, 2.24) is 0 Å². The number of carbonyl (C=O) groups excluding carboxylic acids is 1. The first-order valence-electron chi connectivity index (χ1n) is 6.78. The standard InChI is InChI=1S/C15H18O4/c1-8-3-4-12(16)11-5-13-9(6-15(8,11)2)10(7-19-13)14(17)18/h7-8,11H,3-6H2,1-2H3,(H,17,18). The summed E-state index contributed by atoms with van der Waals surface area (Å²) >= 11 is 0. The molecular formula is C15H18O4. The molecule has 0 aromatic carbocycles. The van der Waals surface area contributed by atoms with E-state index in [9.17, 15) is 14.7 Å². The fourth-order valence-corrected chi connectivity index (χ4v) is 3.75. The highest BCUT2D eigenvalue weighted by Crippen LogP contribution is 2.51. The van der Waals surface area contributed by atoms with Crippen molar-refractivity contribution < 1.29 is 19.1 Å². The minimum atomic E-state index is -0.943. The van der Waals surface area contributed by atoms with Crippen molar-refractivity contribution in [2.75, 3.05) is 0 Å². The van der Waals surface area contributed by atoms with Gasteiger partial charge in [0.1, 0.15) is 23.4 Å². The molecule has 2 aliphatic carbocycles. The van der Waals surface area contributed by atoms with E-state index in [4.69, 9.17) is 4.42 Å². The van der Waals surface area contributed by atoms with Gasteiger partial charge < -0.3 is 9.52 Å². The first-order chi connectivity index (χ1) is 8.93. The van der Waals surface area contributed by atoms with Gasteiger partial charge in [-0.1, -0.05) is 13.8 Å². The van der Waals surface area contributed by atoms with Crippen LogP contribution in [0.15, 0.2) is 10.7 Å². The number of Topliss-reactive ketones (excluding diaryl/α,β-unsaturated/α-hetero) is 1. The number of carboxylic acids is 1. The summed E-state index contributed by atoms with van der Waals surface area (Å²) < 4.78 is 5.39. The molecule has 1 aromatic heterocycles. The number of carboxylic acid groups (broad SMARTS) is 1. The van der Waals surface area contributed by atoms with Gasteiger partial charge in [-0.25, -0.2) is 4.79 Å². The van der Waals surface area contributed by atoms with Crippen LogP contribution in [0.1, 0.15) is 48.4 Å². The first kappa shape index (κ1) is 12.5. The minimum absolute atomic E-state index is 0.0171. The number of carbonyl (C=O) groups is 2. The van der Waals surface area contributed by atoms with Crippen LogP contribution < -0.4 is 0 Å². The van der Waals surface area contributed by atoms with Gasteiger partial charge in [0.15, 0.2) is 0 Å². The zero-order chi connectivity index (χ0) is 13.8. The van der Waals surface area contributed by atoms with E-state index in [-0.39, 0.29) is 16.9 Å². The first-order valence-corrected chi connectivity index (χ1v) is 6.78. The third kappa shape index (κ3) is 1.66. The number of hydrogen-bond acceptors (Lipinski definition) is 3. The normalized spacial score (nSPS) is 33.7. The van der Waals surface area contributed by atoms with Crippen molar-refractivity contribution in [2.45, 2.75) is 39.5 Å². The largest absolute Gasteiger partial charge is 0.478 e. The molecule has 1 N–H and O–H groups in total. The molecular weight excluding hydrogens is 244 g/mol. The molecule has 4 heteroatoms. The lowest BCUT2D eigenvalue weighted by Crippen LogP contribution is -2.48. The Hall–Kier alpha value is -1.58. The molecule has 0 radical (unpaired) electrons. The Morgan fingerprint density at radius 1 is 1.53 bits per heavy atom. The van der Waals surface area contributed by atoms with Gasteiger partial charge in [0, 0.05) is 24.3 Å². The van der Waals surface area contributed by atoms with Crippen molar-refractivity contribution >= 4 is 11.8 Å². The fraction of sp³-hybridized carbons (Fsp3) is 0.600. The number of hydrogen-bond donors (Lipinski definition) is 1. The summed E-state index contributed by atoms with van der Waals surface area (Å²) in [6, 6.07) is 0. The molecule has 2 aliphatic rings. The Kier molecular flexibility index (Phi) is 2.59. The molecule has 4 nitrogen and oxygen atoms in total. The molecule has 0 spiro atoms. The molecule has 0 amide bonds. The minimum Gasteiger partial charge on any atom is -0.478 e. The van der Waals surface area contributed by atoms with Gasteiger partial charge in [0.25, 0.3) is 0 Å². The highest BCUT2D eigenvalue weighted by Gasteiger charge is 2.50. The second-order valence-electron chi connectivity index (χ2n) is 6.20. The Morgan fingerprint density at radius 2 is 2.26 bits per heavy atom. The van der Waals surface area contributed by atoms with Crippen LogP contribution in [0.5, 0.6) is 0 Å². The van der Waals surface area contributed by atoms with Crippen LogP contribution in [-0.2, 0) is 17.6 Å². The predicted molar refractivity (Wildman–Crippen MR) is 68.1 cm³/mol. The zero-order valence-electron chi connectivity index (χ0n) is 11.2. The molecule has 1 saturated carbocycles. The number of ketones is 1. The maximum Gasteiger partial charge on any atom is 0.339 e. The Bertz CT molecular complexity index is 556. The summed E-state index contributed by atoms with van der Waals surface area (Å²) in [7, 11) is 0. The fourth-order valence-electron chi connectivity index (χ4n) is 3.75. The third-order valence-electron chi connectivity index (χ3n) is 5.29. The molecule has 0 bridgehead atoms. The van der Waals surface area contributed by atoms with Crippen molar-refractivity contribution in [2.24, 2.45) is 17.3 Å². The lowest BCUT2D eigenvalue weighted by atomic mass is 9.55. The molecule has 1 aromatic rings. The van der Waals surface area contributed by atoms with E-state index in [1.807, 2.05) is 0 Å². The summed E-state index contributed by atoms with van der Waals surface area (Å²) in [5.74, 6) is 0.472. The van der Waals surface area contributed by atoms with Crippen molar-refractivity contribution in [3.63, 3.8) is 0 Å². The average Bonchev–Trinajstić information content (AvgIpc) is 2.75. The van der Waals surface area contributed by atoms with Crippen LogP contribution in [0.3, 0.4) is 0 Å². The van der Waals surface area contributed by atoms with E-state index in [2.05, 4.69) is 13.8 Å². The van der Waals surface area contributed by atoms with E-state index in [1.165, 1.54) is 6.26 Å². The van der Waals surface area contributed by atoms with Crippen molar-refractivity contribution in [3.05, 3.63) is 23.2 Å². The molecule has 0 aliphatic heterocycles. The number of furan rings is 1. The second kappa shape index (κ2) is 3.95. The molecule has 3 unspecified atom stereocenters. The average molecular weight is 262 g/mol. The molecule has 1 heterocycles. The highest BCUT2D eigenvalue weighted by molar-refractivity contribution is 5.90. The Balaban J connectivity index is 2.07. The number of aromatic carboxylic acids is 1. The van der Waals surface area contributed by atoms with Crippen LogP contribution >= 0.6 is 0 Å². The van der Waals surface area contributed by atoms with Crippen molar-refractivity contribution in [3.8, 4) is 0 Å². The zero-order valence-corrected chi connectivity index (χ0v) is 11.2. The third-order valence-corrected chi connectivity index (χ3v) is 5.29. The second-order valence-corrected chi connectivity index (χ2v) is 6.20. The smallest absolute Gasteiger partial charge is 0.339 e. The van der Waals surface area contributed by atoms with Gasteiger partial charge >= 0.3 is 5.97 Å². The Labute approximate surface area is 111 Å². The summed E-state index contributed by atoms with van der Waals surface area (Å²) in [4.78, 5) is 23.4. The van der Waals surface area contributed by atoms with Crippen LogP contribution in [-0.4, -0.2) is 16.9 Å². The van der Waals surface area contributed by atoms with Gasteiger partial charge in [0.05, 0.1) is 0 Å². The van der Waals surface area contributed by atoms with Gasteiger partial charge in [-0.2, -0.15) is 0 Å². The molecule has 1 fully saturated rings. The topological polar surface area (TPSA) is 67.5 Å². The number of fused-ring (bicyclic) bond motifs is 2. The van der Waals surface area contributed by atoms with E-state index < -0.39 is 5.97 Å². The van der Waals surface area contributed by atoms with Crippen LogP contribution in [0, 0.1) is 17.3 Å². The monoisotopic (exact) mass is 262 g/mol. The molecule has 3 atom stereocenters. The SMILES string of the molecule is CC1CCC(=O)C2Cc3occ(C(=O)O)c3CC12C. The molecule has 102 valence electrons. The summed E-state index contributed by atoms with van der Waals surface area (Å²) in [5, 5.41) is 9.20. The predicted octanol–water partition coefficient (Wildman–Crippen LogP) is 2.70. The highest BCUT2D eigenvalue weighted by atomic mass is 16.4. The summed E-state index contributed by atoms with van der Waals surface area (Å²) in [6.07, 6.45) is 4.06. The van der Waals surface area contributed by atoms with E-state index in [0.717, 1.165) is 12.0 Å².